The van der Waals surface area contributed by atoms with E-state index in [0.29, 0.717) is 16.8 Å². The largest absolute Gasteiger partial charge is 0.424 e. The van der Waals surface area contributed by atoms with E-state index in [4.69, 9.17) is 4.74 Å². The Morgan fingerprint density at radius 3 is 2.68 bits per heavy atom. The first-order valence-electron chi connectivity index (χ1n) is 5.83. The predicted octanol–water partition coefficient (Wildman–Crippen LogP) is 3.28. The Morgan fingerprint density at radius 2 is 2.05 bits per heavy atom. The highest BCUT2D eigenvalue weighted by molar-refractivity contribution is 9.10. The number of benzene rings is 1. The predicted molar refractivity (Wildman–Crippen MR) is 73.6 cm³/mol. The van der Waals surface area contributed by atoms with Crippen molar-refractivity contribution in [3.05, 3.63) is 46.4 Å². The molecule has 0 fully saturated rings. The van der Waals surface area contributed by atoms with Crippen LogP contribution >= 0.6 is 15.9 Å². The van der Waals surface area contributed by atoms with Crippen molar-refractivity contribution < 1.29 is 9.13 Å². The van der Waals surface area contributed by atoms with Crippen LogP contribution in [0.1, 0.15) is 12.5 Å². The van der Waals surface area contributed by atoms with Crippen molar-refractivity contribution in [2.45, 2.75) is 13.5 Å². The molecule has 0 amide bonds. The van der Waals surface area contributed by atoms with E-state index >= 15 is 0 Å². The molecule has 1 N–H and O–H groups in total. The number of ether oxygens (including phenoxy) is 1. The highest BCUT2D eigenvalue weighted by Crippen LogP contribution is 2.23. The summed E-state index contributed by atoms with van der Waals surface area (Å²) in [6, 6.07) is 4.69. The van der Waals surface area contributed by atoms with Gasteiger partial charge in [-0.05, 0) is 34.6 Å². The Kier molecular flexibility index (Phi) is 4.81. The summed E-state index contributed by atoms with van der Waals surface area (Å²) in [7, 11) is 0. The van der Waals surface area contributed by atoms with Crippen molar-refractivity contribution in [1.82, 2.24) is 15.3 Å². The van der Waals surface area contributed by atoms with Crippen LogP contribution in [0.5, 0.6) is 11.8 Å². The molecule has 0 aliphatic carbocycles. The van der Waals surface area contributed by atoms with Crippen molar-refractivity contribution >= 4 is 15.9 Å². The zero-order valence-corrected chi connectivity index (χ0v) is 11.9. The van der Waals surface area contributed by atoms with E-state index in [2.05, 4.69) is 31.2 Å². The van der Waals surface area contributed by atoms with Gasteiger partial charge in [-0.2, -0.15) is 0 Å². The summed E-state index contributed by atoms with van der Waals surface area (Å²) in [5.74, 6) is -0.0265. The van der Waals surface area contributed by atoms with Gasteiger partial charge in [-0.3, -0.25) is 0 Å². The van der Waals surface area contributed by atoms with E-state index < -0.39 is 0 Å². The molecule has 0 radical (unpaired) electrons. The van der Waals surface area contributed by atoms with Crippen molar-refractivity contribution in [2.24, 2.45) is 0 Å². The molecule has 0 aliphatic heterocycles. The molecule has 1 aromatic carbocycles. The molecule has 100 valence electrons. The van der Waals surface area contributed by atoms with E-state index in [1.54, 1.807) is 24.5 Å². The smallest absolute Gasteiger partial charge is 0.321 e. The molecule has 0 unspecified atom stereocenters. The van der Waals surface area contributed by atoms with Crippen molar-refractivity contribution in [3.8, 4) is 11.8 Å². The summed E-state index contributed by atoms with van der Waals surface area (Å²) in [4.78, 5) is 8.14. The molecule has 6 heteroatoms. The van der Waals surface area contributed by atoms with Crippen LogP contribution in [0, 0.1) is 5.82 Å². The third-order valence-corrected chi connectivity index (χ3v) is 3.00. The van der Waals surface area contributed by atoms with Crippen molar-refractivity contribution in [3.63, 3.8) is 0 Å². The summed E-state index contributed by atoms with van der Waals surface area (Å²) in [5, 5.41) is 3.17. The molecule has 0 bridgehead atoms. The Bertz CT molecular complexity index is 548. The van der Waals surface area contributed by atoms with Crippen LogP contribution in [0.15, 0.2) is 35.1 Å². The molecule has 2 aromatic rings. The Hall–Kier alpha value is -1.53. The average Bonchev–Trinajstić information content (AvgIpc) is 2.42. The molecule has 4 nitrogen and oxygen atoms in total. The highest BCUT2D eigenvalue weighted by atomic mass is 79.9. The zero-order valence-electron chi connectivity index (χ0n) is 10.4. The van der Waals surface area contributed by atoms with E-state index in [1.165, 1.54) is 6.07 Å². The first kappa shape index (κ1) is 13.9. The maximum Gasteiger partial charge on any atom is 0.321 e. The fraction of sp³-hybridized carbons (Fsp3) is 0.231. The van der Waals surface area contributed by atoms with Gasteiger partial charge in [0.25, 0.3) is 0 Å². The number of rotatable bonds is 5. The first-order valence-corrected chi connectivity index (χ1v) is 6.63. The Morgan fingerprint density at radius 1 is 1.32 bits per heavy atom. The number of aromatic nitrogens is 2. The number of halogens is 2. The quantitative estimate of drug-likeness (QED) is 0.916. The summed E-state index contributed by atoms with van der Waals surface area (Å²) < 4.78 is 19.1. The van der Waals surface area contributed by atoms with E-state index in [9.17, 15) is 4.39 Å². The van der Waals surface area contributed by atoms with E-state index in [0.717, 1.165) is 12.1 Å². The van der Waals surface area contributed by atoms with Gasteiger partial charge in [-0.1, -0.05) is 6.92 Å². The lowest BCUT2D eigenvalue weighted by Gasteiger charge is -2.05. The molecule has 0 atom stereocenters. The molecule has 0 saturated carbocycles. The second-order valence-electron chi connectivity index (χ2n) is 3.83. The monoisotopic (exact) mass is 325 g/mol. The number of hydrogen-bond donors (Lipinski definition) is 1. The molecule has 1 aromatic heterocycles. The third kappa shape index (κ3) is 3.97. The summed E-state index contributed by atoms with van der Waals surface area (Å²) >= 11 is 3.08. The topological polar surface area (TPSA) is 47.0 Å². The van der Waals surface area contributed by atoms with Crippen LogP contribution in [0.3, 0.4) is 0 Å². The summed E-state index contributed by atoms with van der Waals surface area (Å²) in [6.45, 7) is 3.63. The van der Waals surface area contributed by atoms with Gasteiger partial charge in [0.1, 0.15) is 11.6 Å². The van der Waals surface area contributed by atoms with Crippen LogP contribution in [0.2, 0.25) is 0 Å². The second kappa shape index (κ2) is 6.58. The highest BCUT2D eigenvalue weighted by Gasteiger charge is 2.04. The maximum absolute atomic E-state index is 13.3. The van der Waals surface area contributed by atoms with Gasteiger partial charge in [0, 0.05) is 30.6 Å². The minimum atomic E-state index is -0.388. The molecular formula is C13H13BrFN3O. The van der Waals surface area contributed by atoms with E-state index in [-0.39, 0.29) is 11.8 Å². The zero-order chi connectivity index (χ0) is 13.7. The van der Waals surface area contributed by atoms with Gasteiger partial charge >= 0.3 is 6.01 Å². The lowest BCUT2D eigenvalue weighted by atomic mass is 10.3. The number of nitrogens with zero attached hydrogens (tertiary/aromatic N) is 2. The van der Waals surface area contributed by atoms with Crippen LogP contribution in [-0.4, -0.2) is 16.5 Å². The lowest BCUT2D eigenvalue weighted by Crippen LogP contribution is -2.12. The molecule has 0 aliphatic rings. The lowest BCUT2D eigenvalue weighted by molar-refractivity contribution is 0.436. The van der Waals surface area contributed by atoms with Gasteiger partial charge < -0.3 is 10.1 Å². The minimum Gasteiger partial charge on any atom is -0.424 e. The standard InChI is InChI=1S/C13H13BrFN3O/c1-2-16-6-9-7-17-13(18-8-9)19-10-3-4-11(14)12(15)5-10/h3-5,7-8,16H,2,6H2,1H3. The van der Waals surface area contributed by atoms with Gasteiger partial charge in [0.2, 0.25) is 0 Å². The van der Waals surface area contributed by atoms with Crippen LogP contribution in [0.25, 0.3) is 0 Å². The van der Waals surface area contributed by atoms with Crippen molar-refractivity contribution in [1.29, 1.82) is 0 Å². The maximum atomic E-state index is 13.3. The second-order valence-corrected chi connectivity index (χ2v) is 4.69. The van der Waals surface area contributed by atoms with Crippen LogP contribution in [-0.2, 0) is 6.54 Å². The van der Waals surface area contributed by atoms with Gasteiger partial charge in [-0.15, -0.1) is 0 Å². The third-order valence-electron chi connectivity index (χ3n) is 2.36. The minimum absolute atomic E-state index is 0.196. The number of hydrogen-bond acceptors (Lipinski definition) is 4. The molecule has 1 heterocycles. The molecule has 0 spiro atoms. The Balaban J connectivity index is 2.04. The average molecular weight is 326 g/mol. The normalized spacial score (nSPS) is 10.5. The van der Waals surface area contributed by atoms with Crippen LogP contribution in [0.4, 0.5) is 4.39 Å². The Labute approximate surface area is 119 Å². The molecular weight excluding hydrogens is 313 g/mol. The van der Waals surface area contributed by atoms with Gasteiger partial charge in [0.05, 0.1) is 4.47 Å². The SMILES string of the molecule is CCNCc1cnc(Oc2ccc(Br)c(F)c2)nc1. The van der Waals surface area contributed by atoms with E-state index in [1.807, 2.05) is 6.92 Å². The van der Waals surface area contributed by atoms with Crippen LogP contribution < -0.4 is 10.1 Å². The number of nitrogens with one attached hydrogen (secondary N) is 1. The van der Waals surface area contributed by atoms with Gasteiger partial charge in [-0.25, -0.2) is 14.4 Å². The molecule has 0 saturated heterocycles. The van der Waals surface area contributed by atoms with Gasteiger partial charge in [0.15, 0.2) is 0 Å². The molecule has 2 rings (SSSR count). The summed E-state index contributed by atoms with van der Waals surface area (Å²) in [5.41, 5.74) is 0.969. The van der Waals surface area contributed by atoms with Crippen molar-refractivity contribution in [2.75, 3.05) is 6.54 Å². The fourth-order valence-corrected chi connectivity index (χ4v) is 1.65. The first-order chi connectivity index (χ1) is 9.19. The fourth-order valence-electron chi connectivity index (χ4n) is 1.40. The molecule has 19 heavy (non-hydrogen) atoms. The summed E-state index contributed by atoms with van der Waals surface area (Å²) in [6.07, 6.45) is 3.36.